The van der Waals surface area contributed by atoms with Gasteiger partial charge in [-0.3, -0.25) is 9.52 Å². The number of carbonyl (C=O) groups is 1. The summed E-state index contributed by atoms with van der Waals surface area (Å²) < 4.78 is 25.1. The van der Waals surface area contributed by atoms with Crippen LogP contribution in [0, 0.1) is 0 Å². The van der Waals surface area contributed by atoms with Crippen LogP contribution in [-0.2, 0) is 10.0 Å². The summed E-state index contributed by atoms with van der Waals surface area (Å²) in [5, 5.41) is 6.30. The third-order valence-electron chi connectivity index (χ3n) is 3.43. The van der Waals surface area contributed by atoms with Crippen LogP contribution < -0.4 is 15.4 Å². The lowest BCUT2D eigenvalue weighted by atomic mass is 10.00. The molecule has 0 bridgehead atoms. The van der Waals surface area contributed by atoms with Crippen LogP contribution >= 0.6 is 12.4 Å². The summed E-state index contributed by atoms with van der Waals surface area (Å²) in [5.74, 6) is -0.249. The first-order valence-corrected chi connectivity index (χ1v) is 8.85. The fraction of sp³-hybridized carbons (Fsp3) is 0.500. The second-order valence-corrected chi connectivity index (χ2v) is 7.22. The number of halogens is 1. The molecule has 0 aromatic heterocycles. The van der Waals surface area contributed by atoms with Crippen molar-refractivity contribution in [3.63, 3.8) is 0 Å². The molecule has 0 spiro atoms. The molecular weight excluding hydrogens is 326 g/mol. The lowest BCUT2D eigenvalue weighted by Gasteiger charge is -2.28. The summed E-state index contributed by atoms with van der Waals surface area (Å²) in [6.07, 6.45) is 2.81. The quantitative estimate of drug-likeness (QED) is 0.767. The van der Waals surface area contributed by atoms with E-state index in [4.69, 9.17) is 0 Å². The molecule has 1 amide bonds. The molecule has 2 atom stereocenters. The normalized spacial score (nSPS) is 21.5. The van der Waals surface area contributed by atoms with E-state index in [1.807, 2.05) is 0 Å². The van der Waals surface area contributed by atoms with E-state index in [2.05, 4.69) is 22.3 Å². The van der Waals surface area contributed by atoms with Crippen LogP contribution in [-0.4, -0.2) is 39.2 Å². The van der Waals surface area contributed by atoms with Gasteiger partial charge in [0.25, 0.3) is 5.91 Å². The predicted molar refractivity (Wildman–Crippen MR) is 90.1 cm³/mol. The van der Waals surface area contributed by atoms with E-state index < -0.39 is 10.0 Å². The van der Waals surface area contributed by atoms with Gasteiger partial charge in [-0.1, -0.05) is 12.1 Å². The van der Waals surface area contributed by atoms with Crippen molar-refractivity contribution in [1.29, 1.82) is 0 Å². The van der Waals surface area contributed by atoms with E-state index in [0.29, 0.717) is 17.3 Å². The number of sulfonamides is 1. The zero-order chi connectivity index (χ0) is 15.5. The Kier molecular flexibility index (Phi) is 6.65. The number of anilines is 1. The molecule has 1 aliphatic rings. The topological polar surface area (TPSA) is 87.3 Å². The summed E-state index contributed by atoms with van der Waals surface area (Å²) in [5.41, 5.74) is 0.647. The molecule has 0 saturated carbocycles. The van der Waals surface area contributed by atoms with Crippen LogP contribution in [0.3, 0.4) is 0 Å². The minimum atomic E-state index is -3.42. The van der Waals surface area contributed by atoms with Gasteiger partial charge in [-0.2, -0.15) is 0 Å². The molecule has 124 valence electrons. The SMILES string of the molecule is CC1CC(NC(=O)c2ccccc2NS(C)(=O)=O)CCN1.Cl. The van der Waals surface area contributed by atoms with Crippen molar-refractivity contribution in [2.75, 3.05) is 17.5 Å². The molecule has 22 heavy (non-hydrogen) atoms. The summed E-state index contributed by atoms with van der Waals surface area (Å²) >= 11 is 0. The van der Waals surface area contributed by atoms with E-state index in [9.17, 15) is 13.2 Å². The second-order valence-electron chi connectivity index (χ2n) is 5.47. The van der Waals surface area contributed by atoms with Gasteiger partial charge < -0.3 is 10.6 Å². The highest BCUT2D eigenvalue weighted by Crippen LogP contribution is 2.17. The van der Waals surface area contributed by atoms with Crippen LogP contribution in [0.5, 0.6) is 0 Å². The monoisotopic (exact) mass is 347 g/mol. The first kappa shape index (κ1) is 18.7. The number of piperidine rings is 1. The number of para-hydroxylation sites is 1. The number of carbonyl (C=O) groups excluding carboxylic acids is 1. The van der Waals surface area contributed by atoms with Crippen molar-refractivity contribution in [1.82, 2.24) is 10.6 Å². The molecule has 1 saturated heterocycles. The van der Waals surface area contributed by atoms with Gasteiger partial charge in [0.15, 0.2) is 0 Å². The Morgan fingerprint density at radius 2 is 2.00 bits per heavy atom. The average molecular weight is 348 g/mol. The van der Waals surface area contributed by atoms with Crippen LogP contribution in [0.1, 0.15) is 30.1 Å². The molecular formula is C14H22ClN3O3S. The second kappa shape index (κ2) is 7.80. The Hall–Kier alpha value is -1.31. The maximum atomic E-state index is 12.4. The molecule has 0 radical (unpaired) electrons. The van der Waals surface area contributed by atoms with E-state index in [0.717, 1.165) is 25.6 Å². The minimum absolute atomic E-state index is 0. The first-order chi connectivity index (χ1) is 9.85. The third-order valence-corrected chi connectivity index (χ3v) is 4.02. The van der Waals surface area contributed by atoms with Crippen LogP contribution in [0.4, 0.5) is 5.69 Å². The summed E-state index contributed by atoms with van der Waals surface area (Å²) in [7, 11) is -3.42. The Bertz CT molecular complexity index is 622. The van der Waals surface area contributed by atoms with Gasteiger partial charge in [0.1, 0.15) is 0 Å². The maximum absolute atomic E-state index is 12.4. The zero-order valence-corrected chi connectivity index (χ0v) is 14.3. The largest absolute Gasteiger partial charge is 0.349 e. The number of amides is 1. The zero-order valence-electron chi connectivity index (χ0n) is 12.6. The van der Waals surface area contributed by atoms with Crippen molar-refractivity contribution in [3.05, 3.63) is 29.8 Å². The number of nitrogens with one attached hydrogen (secondary N) is 3. The predicted octanol–water partition coefficient (Wildman–Crippen LogP) is 1.35. The highest BCUT2D eigenvalue weighted by Gasteiger charge is 2.22. The summed E-state index contributed by atoms with van der Waals surface area (Å²) in [6.45, 7) is 2.95. The van der Waals surface area contributed by atoms with E-state index in [1.54, 1.807) is 24.3 Å². The van der Waals surface area contributed by atoms with Crippen molar-refractivity contribution in [3.8, 4) is 0 Å². The lowest BCUT2D eigenvalue weighted by molar-refractivity contribution is 0.0926. The molecule has 1 aromatic carbocycles. The molecule has 6 nitrogen and oxygen atoms in total. The minimum Gasteiger partial charge on any atom is -0.349 e. The van der Waals surface area contributed by atoms with Crippen molar-refractivity contribution in [2.45, 2.75) is 31.8 Å². The molecule has 1 aromatic rings. The number of hydrogen-bond acceptors (Lipinski definition) is 4. The van der Waals surface area contributed by atoms with Gasteiger partial charge >= 0.3 is 0 Å². The van der Waals surface area contributed by atoms with Crippen LogP contribution in [0.25, 0.3) is 0 Å². The Labute approximate surface area is 137 Å². The number of rotatable bonds is 4. The highest BCUT2D eigenvalue weighted by atomic mass is 35.5. The Morgan fingerprint density at radius 1 is 1.32 bits per heavy atom. The molecule has 2 rings (SSSR count). The van der Waals surface area contributed by atoms with Gasteiger partial charge in [-0.25, -0.2) is 8.42 Å². The lowest BCUT2D eigenvalue weighted by Crippen LogP contribution is -2.46. The fourth-order valence-corrected chi connectivity index (χ4v) is 3.07. The molecule has 1 heterocycles. The summed E-state index contributed by atoms with van der Waals surface area (Å²) in [4.78, 5) is 12.4. The van der Waals surface area contributed by atoms with Crippen molar-refractivity contribution < 1.29 is 13.2 Å². The van der Waals surface area contributed by atoms with Gasteiger partial charge in [0.05, 0.1) is 17.5 Å². The van der Waals surface area contributed by atoms with Gasteiger partial charge in [-0.15, -0.1) is 12.4 Å². The highest BCUT2D eigenvalue weighted by molar-refractivity contribution is 7.92. The average Bonchev–Trinajstić information content (AvgIpc) is 2.37. The molecule has 3 N–H and O–H groups in total. The smallest absolute Gasteiger partial charge is 0.253 e. The molecule has 2 unspecified atom stereocenters. The van der Waals surface area contributed by atoms with Crippen LogP contribution in [0.2, 0.25) is 0 Å². The van der Waals surface area contributed by atoms with Gasteiger partial charge in [0, 0.05) is 12.1 Å². The van der Waals surface area contributed by atoms with Gasteiger partial charge in [-0.05, 0) is 38.4 Å². The van der Waals surface area contributed by atoms with E-state index in [1.165, 1.54) is 0 Å². The first-order valence-electron chi connectivity index (χ1n) is 6.96. The van der Waals surface area contributed by atoms with E-state index in [-0.39, 0.29) is 24.4 Å². The molecule has 1 aliphatic heterocycles. The Balaban J connectivity index is 0.00000242. The van der Waals surface area contributed by atoms with Crippen LogP contribution in [0.15, 0.2) is 24.3 Å². The van der Waals surface area contributed by atoms with Gasteiger partial charge in [0.2, 0.25) is 10.0 Å². The molecule has 1 fully saturated rings. The molecule has 8 heteroatoms. The third kappa shape index (κ3) is 5.47. The maximum Gasteiger partial charge on any atom is 0.253 e. The Morgan fingerprint density at radius 3 is 2.64 bits per heavy atom. The summed E-state index contributed by atoms with van der Waals surface area (Å²) in [6, 6.07) is 7.09. The number of hydrogen-bond donors (Lipinski definition) is 3. The molecule has 0 aliphatic carbocycles. The number of benzene rings is 1. The van der Waals surface area contributed by atoms with Crippen molar-refractivity contribution in [2.24, 2.45) is 0 Å². The fourth-order valence-electron chi connectivity index (χ4n) is 2.50. The standard InChI is InChI=1S/C14H21N3O3S.ClH/c1-10-9-11(7-8-15-10)16-14(18)12-5-3-4-6-13(12)17-21(2,19)20;/h3-6,10-11,15,17H,7-9H2,1-2H3,(H,16,18);1H. The van der Waals surface area contributed by atoms with E-state index >= 15 is 0 Å². The van der Waals surface area contributed by atoms with Crippen molar-refractivity contribution >= 4 is 34.0 Å².